The van der Waals surface area contributed by atoms with Gasteiger partial charge in [-0.15, -0.1) is 5.10 Å². The van der Waals surface area contributed by atoms with Crippen LogP contribution in [0.5, 0.6) is 0 Å². The predicted octanol–water partition coefficient (Wildman–Crippen LogP) is 2.41. The molecular formula is C15H25N3O. The summed E-state index contributed by atoms with van der Waals surface area (Å²) in [4.78, 5) is 2.21. The summed E-state index contributed by atoms with van der Waals surface area (Å²) in [6, 6.07) is 4.63. The summed E-state index contributed by atoms with van der Waals surface area (Å²) in [5.41, 5.74) is 1.06. The maximum atomic E-state index is 9.55. The lowest BCUT2D eigenvalue weighted by Gasteiger charge is -2.33. The average Bonchev–Trinajstić information content (AvgIpc) is 2.39. The van der Waals surface area contributed by atoms with Crippen molar-refractivity contribution in [3.05, 3.63) is 17.8 Å². The lowest BCUT2D eigenvalue weighted by Crippen LogP contribution is -2.37. The average molecular weight is 263 g/mol. The van der Waals surface area contributed by atoms with E-state index < -0.39 is 0 Å². The molecule has 0 saturated heterocycles. The highest BCUT2D eigenvalue weighted by molar-refractivity contribution is 5.37. The van der Waals surface area contributed by atoms with Gasteiger partial charge in [0.25, 0.3) is 0 Å². The van der Waals surface area contributed by atoms with E-state index in [9.17, 15) is 5.11 Å². The molecule has 0 amide bonds. The van der Waals surface area contributed by atoms with Crippen LogP contribution in [-0.2, 0) is 6.42 Å². The van der Waals surface area contributed by atoms with E-state index in [2.05, 4.69) is 48.1 Å². The number of hydrogen-bond donors (Lipinski definition) is 1. The largest absolute Gasteiger partial charge is 0.393 e. The van der Waals surface area contributed by atoms with Gasteiger partial charge in [0.2, 0.25) is 0 Å². The first-order valence-electron chi connectivity index (χ1n) is 7.29. The second kappa shape index (κ2) is 6.33. The molecule has 1 aliphatic carbocycles. The topological polar surface area (TPSA) is 49.2 Å². The molecule has 106 valence electrons. The van der Waals surface area contributed by atoms with Crippen LogP contribution in [0.2, 0.25) is 0 Å². The molecule has 1 aliphatic rings. The maximum Gasteiger partial charge on any atom is 0.151 e. The molecule has 0 atom stereocenters. The van der Waals surface area contributed by atoms with Gasteiger partial charge in [-0.05, 0) is 50.2 Å². The lowest BCUT2D eigenvalue weighted by molar-refractivity contribution is 0.122. The Morgan fingerprint density at radius 3 is 2.42 bits per heavy atom. The highest BCUT2D eigenvalue weighted by atomic mass is 16.3. The van der Waals surface area contributed by atoms with Crippen molar-refractivity contribution in [2.24, 2.45) is 5.92 Å². The molecule has 1 heterocycles. The summed E-state index contributed by atoms with van der Waals surface area (Å²) in [6.45, 7) is 4.38. The van der Waals surface area contributed by atoms with E-state index in [1.54, 1.807) is 0 Å². The zero-order chi connectivity index (χ0) is 13.8. The molecule has 0 bridgehead atoms. The summed E-state index contributed by atoms with van der Waals surface area (Å²) in [7, 11) is 2.08. The third-order valence-electron chi connectivity index (χ3n) is 3.90. The van der Waals surface area contributed by atoms with Crippen molar-refractivity contribution in [3.8, 4) is 0 Å². The maximum absolute atomic E-state index is 9.55. The number of aliphatic hydroxyl groups is 1. The Balaban J connectivity index is 1.97. The molecule has 0 aromatic carbocycles. The molecule has 4 heteroatoms. The molecule has 4 nitrogen and oxygen atoms in total. The van der Waals surface area contributed by atoms with Gasteiger partial charge in [-0.25, -0.2) is 0 Å². The Bertz CT molecular complexity index is 383. The second-order valence-corrected chi connectivity index (χ2v) is 6.05. The molecule has 1 aromatic rings. The standard InChI is InChI=1S/C15H25N3O/c1-11(2)10-12-4-9-15(17-16-12)18(3)13-5-7-14(19)8-6-13/h4,9,11,13-14,19H,5-8,10H2,1-3H3. The lowest BCUT2D eigenvalue weighted by atomic mass is 9.92. The SMILES string of the molecule is CC(C)Cc1ccc(N(C)C2CCC(O)CC2)nn1. The van der Waals surface area contributed by atoms with Gasteiger partial charge in [0, 0.05) is 13.1 Å². The highest BCUT2D eigenvalue weighted by Gasteiger charge is 2.23. The van der Waals surface area contributed by atoms with Gasteiger partial charge in [-0.3, -0.25) is 0 Å². The van der Waals surface area contributed by atoms with E-state index in [0.29, 0.717) is 12.0 Å². The Morgan fingerprint density at radius 1 is 1.21 bits per heavy atom. The van der Waals surface area contributed by atoms with Crippen molar-refractivity contribution in [2.75, 3.05) is 11.9 Å². The first-order valence-corrected chi connectivity index (χ1v) is 7.29. The number of anilines is 1. The molecule has 1 saturated carbocycles. The Labute approximate surface area is 115 Å². The van der Waals surface area contributed by atoms with Crippen LogP contribution in [0, 0.1) is 5.92 Å². The van der Waals surface area contributed by atoms with Gasteiger partial charge < -0.3 is 10.0 Å². The van der Waals surface area contributed by atoms with Crippen LogP contribution in [0.15, 0.2) is 12.1 Å². The first-order chi connectivity index (χ1) is 9.06. The van der Waals surface area contributed by atoms with E-state index in [4.69, 9.17) is 0 Å². The normalized spacial score (nSPS) is 23.6. The Kier molecular flexibility index (Phi) is 4.75. The third-order valence-corrected chi connectivity index (χ3v) is 3.90. The molecule has 0 aliphatic heterocycles. The summed E-state index contributed by atoms with van der Waals surface area (Å²) >= 11 is 0. The minimum atomic E-state index is -0.107. The van der Waals surface area contributed by atoms with Gasteiger partial charge >= 0.3 is 0 Å². The molecule has 0 spiro atoms. The molecule has 1 N–H and O–H groups in total. The van der Waals surface area contributed by atoms with Crippen molar-refractivity contribution in [1.82, 2.24) is 10.2 Å². The number of rotatable bonds is 4. The quantitative estimate of drug-likeness (QED) is 0.906. The van der Waals surface area contributed by atoms with Crippen molar-refractivity contribution < 1.29 is 5.11 Å². The van der Waals surface area contributed by atoms with E-state index in [1.807, 2.05) is 0 Å². The van der Waals surface area contributed by atoms with E-state index in [-0.39, 0.29) is 6.10 Å². The summed E-state index contributed by atoms with van der Waals surface area (Å²) < 4.78 is 0. The van der Waals surface area contributed by atoms with Crippen LogP contribution >= 0.6 is 0 Å². The fraction of sp³-hybridized carbons (Fsp3) is 0.733. The van der Waals surface area contributed by atoms with Crippen LogP contribution in [0.3, 0.4) is 0 Å². The molecule has 1 aromatic heterocycles. The molecule has 0 radical (unpaired) electrons. The monoisotopic (exact) mass is 263 g/mol. The second-order valence-electron chi connectivity index (χ2n) is 6.05. The van der Waals surface area contributed by atoms with Crippen molar-refractivity contribution in [2.45, 2.75) is 58.1 Å². The van der Waals surface area contributed by atoms with Crippen LogP contribution in [0.25, 0.3) is 0 Å². The molecule has 1 fully saturated rings. The van der Waals surface area contributed by atoms with E-state index in [1.165, 1.54) is 0 Å². The van der Waals surface area contributed by atoms with Gasteiger partial charge in [-0.2, -0.15) is 5.10 Å². The molecule has 2 rings (SSSR count). The van der Waals surface area contributed by atoms with E-state index >= 15 is 0 Å². The van der Waals surface area contributed by atoms with Gasteiger partial charge in [-0.1, -0.05) is 13.8 Å². The number of nitrogens with zero attached hydrogens (tertiary/aromatic N) is 3. The molecule has 0 unspecified atom stereocenters. The van der Waals surface area contributed by atoms with Gasteiger partial charge in [0.05, 0.1) is 11.8 Å². The smallest absolute Gasteiger partial charge is 0.151 e. The minimum Gasteiger partial charge on any atom is -0.393 e. The van der Waals surface area contributed by atoms with Crippen molar-refractivity contribution >= 4 is 5.82 Å². The van der Waals surface area contributed by atoms with Crippen LogP contribution in [0.1, 0.15) is 45.2 Å². The first kappa shape index (κ1) is 14.3. The fourth-order valence-corrected chi connectivity index (χ4v) is 2.70. The predicted molar refractivity (Wildman–Crippen MR) is 77.2 cm³/mol. The van der Waals surface area contributed by atoms with Crippen LogP contribution in [0.4, 0.5) is 5.82 Å². The minimum absolute atomic E-state index is 0.107. The van der Waals surface area contributed by atoms with Gasteiger partial charge in [0.1, 0.15) is 0 Å². The molecule has 19 heavy (non-hydrogen) atoms. The van der Waals surface area contributed by atoms with Crippen molar-refractivity contribution in [1.29, 1.82) is 0 Å². The summed E-state index contributed by atoms with van der Waals surface area (Å²) in [5, 5.41) is 18.2. The van der Waals surface area contributed by atoms with Crippen LogP contribution < -0.4 is 4.90 Å². The zero-order valence-electron chi connectivity index (χ0n) is 12.2. The zero-order valence-corrected chi connectivity index (χ0v) is 12.2. The number of aliphatic hydroxyl groups excluding tert-OH is 1. The third kappa shape index (κ3) is 3.90. The molecular weight excluding hydrogens is 238 g/mol. The van der Waals surface area contributed by atoms with Crippen LogP contribution in [-0.4, -0.2) is 34.5 Å². The Hall–Kier alpha value is -1.16. The van der Waals surface area contributed by atoms with Crippen molar-refractivity contribution in [3.63, 3.8) is 0 Å². The summed E-state index contributed by atoms with van der Waals surface area (Å²) in [6.07, 6.45) is 4.73. The summed E-state index contributed by atoms with van der Waals surface area (Å²) in [5.74, 6) is 1.55. The highest BCUT2D eigenvalue weighted by Crippen LogP contribution is 2.25. The fourth-order valence-electron chi connectivity index (χ4n) is 2.70. The Morgan fingerprint density at radius 2 is 1.89 bits per heavy atom. The number of aromatic nitrogens is 2. The van der Waals surface area contributed by atoms with E-state index in [0.717, 1.165) is 43.6 Å². The van der Waals surface area contributed by atoms with Gasteiger partial charge in [0.15, 0.2) is 5.82 Å². The number of hydrogen-bond acceptors (Lipinski definition) is 4.